The molecule has 3 rings (SSSR count). The molecule has 1 atom stereocenters. The highest BCUT2D eigenvalue weighted by Gasteiger charge is 2.36. The summed E-state index contributed by atoms with van der Waals surface area (Å²) in [7, 11) is -3.56. The van der Waals surface area contributed by atoms with Crippen LogP contribution in [0.1, 0.15) is 23.6 Å². The molecule has 0 fully saturated rings. The maximum atomic E-state index is 13.2. The van der Waals surface area contributed by atoms with Gasteiger partial charge in [-0.25, -0.2) is 8.42 Å². The summed E-state index contributed by atoms with van der Waals surface area (Å²) in [6, 6.07) is 11.3. The van der Waals surface area contributed by atoms with Crippen LogP contribution >= 0.6 is 15.9 Å². The summed E-state index contributed by atoms with van der Waals surface area (Å²) >= 11 is 3.46. The molecule has 0 N–H and O–H groups in total. The van der Waals surface area contributed by atoms with Crippen molar-refractivity contribution in [1.82, 2.24) is 0 Å². The molecule has 0 amide bonds. The van der Waals surface area contributed by atoms with Gasteiger partial charge in [-0.1, -0.05) is 34.1 Å². The van der Waals surface area contributed by atoms with Crippen LogP contribution in [0.15, 0.2) is 45.8 Å². The van der Waals surface area contributed by atoms with Crippen molar-refractivity contribution in [3.05, 3.63) is 57.6 Å². The summed E-state index contributed by atoms with van der Waals surface area (Å²) < 4.78 is 28.9. The van der Waals surface area contributed by atoms with Gasteiger partial charge in [0.1, 0.15) is 0 Å². The largest absolute Gasteiger partial charge is 0.264 e. The third kappa shape index (κ3) is 2.36. The molecule has 1 heterocycles. The van der Waals surface area contributed by atoms with Crippen molar-refractivity contribution in [3.8, 4) is 0 Å². The van der Waals surface area contributed by atoms with E-state index in [0.717, 1.165) is 33.3 Å². The number of para-hydroxylation sites is 1. The average molecular weight is 380 g/mol. The van der Waals surface area contributed by atoms with Gasteiger partial charge < -0.3 is 0 Å². The minimum Gasteiger partial charge on any atom is -0.263 e. The van der Waals surface area contributed by atoms with Crippen LogP contribution in [0.5, 0.6) is 0 Å². The number of benzene rings is 2. The lowest BCUT2D eigenvalue weighted by Crippen LogP contribution is -2.36. The van der Waals surface area contributed by atoms with Gasteiger partial charge in [0.2, 0.25) is 0 Å². The number of fused-ring (bicyclic) bond motifs is 1. The van der Waals surface area contributed by atoms with Crippen LogP contribution in [0.3, 0.4) is 0 Å². The smallest absolute Gasteiger partial charge is 0.263 e. The lowest BCUT2D eigenvalue weighted by Gasteiger charge is -2.25. The molecule has 5 heteroatoms. The lowest BCUT2D eigenvalue weighted by molar-refractivity contribution is 0.583. The Bertz CT molecular complexity index is 846. The van der Waals surface area contributed by atoms with Gasteiger partial charge in [0.05, 0.1) is 10.6 Å². The molecule has 0 radical (unpaired) electrons. The Morgan fingerprint density at radius 2 is 1.82 bits per heavy atom. The first-order chi connectivity index (χ1) is 10.3. The number of halogens is 1. The van der Waals surface area contributed by atoms with Crippen molar-refractivity contribution in [2.24, 2.45) is 0 Å². The number of hydrogen-bond acceptors (Lipinski definition) is 2. The molecule has 0 saturated carbocycles. The fourth-order valence-electron chi connectivity index (χ4n) is 3.04. The Hall–Kier alpha value is -1.33. The first kappa shape index (κ1) is 15.6. The summed E-state index contributed by atoms with van der Waals surface area (Å²) in [5.41, 5.74) is 3.57. The molecule has 1 aliphatic heterocycles. The van der Waals surface area contributed by atoms with Gasteiger partial charge in [-0.15, -0.1) is 0 Å². The number of aryl methyl sites for hydroxylation is 2. The third-order valence-corrected chi connectivity index (χ3v) is 7.06. The van der Waals surface area contributed by atoms with Gasteiger partial charge in [-0.2, -0.15) is 0 Å². The van der Waals surface area contributed by atoms with Crippen LogP contribution in [-0.4, -0.2) is 14.5 Å². The molecular weight excluding hydrogens is 362 g/mol. The van der Waals surface area contributed by atoms with Crippen molar-refractivity contribution < 1.29 is 8.42 Å². The van der Waals surface area contributed by atoms with E-state index in [-0.39, 0.29) is 6.04 Å². The topological polar surface area (TPSA) is 37.4 Å². The zero-order valence-corrected chi connectivity index (χ0v) is 15.2. The van der Waals surface area contributed by atoms with E-state index >= 15 is 0 Å². The van der Waals surface area contributed by atoms with E-state index in [4.69, 9.17) is 0 Å². The van der Waals surface area contributed by atoms with Crippen molar-refractivity contribution in [3.63, 3.8) is 0 Å². The summed E-state index contributed by atoms with van der Waals surface area (Å²) in [6.07, 6.45) is 0.754. The molecule has 2 aromatic carbocycles. The van der Waals surface area contributed by atoms with E-state index in [9.17, 15) is 8.42 Å². The van der Waals surface area contributed by atoms with E-state index in [2.05, 4.69) is 15.9 Å². The molecule has 3 nitrogen and oxygen atoms in total. The first-order valence-electron chi connectivity index (χ1n) is 7.21. The van der Waals surface area contributed by atoms with Crippen LogP contribution in [0.4, 0.5) is 5.69 Å². The number of nitrogens with zero attached hydrogens (tertiary/aromatic N) is 1. The van der Waals surface area contributed by atoms with Gasteiger partial charge in [0.25, 0.3) is 10.0 Å². The second-order valence-electron chi connectivity index (χ2n) is 5.85. The molecule has 116 valence electrons. The molecule has 2 aromatic rings. The van der Waals surface area contributed by atoms with Gasteiger partial charge in [0.15, 0.2) is 0 Å². The van der Waals surface area contributed by atoms with Crippen LogP contribution in [0, 0.1) is 13.8 Å². The van der Waals surface area contributed by atoms with Crippen LogP contribution in [0.25, 0.3) is 0 Å². The molecule has 0 bridgehead atoms. The quantitative estimate of drug-likeness (QED) is 0.783. The third-order valence-electron chi connectivity index (χ3n) is 4.14. The Balaban J connectivity index is 2.17. The van der Waals surface area contributed by atoms with Crippen molar-refractivity contribution in [1.29, 1.82) is 0 Å². The van der Waals surface area contributed by atoms with Crippen molar-refractivity contribution >= 4 is 31.6 Å². The summed E-state index contributed by atoms with van der Waals surface area (Å²) in [5, 5.41) is 0. The summed E-state index contributed by atoms with van der Waals surface area (Å²) in [6.45, 7) is 5.70. The first-order valence-corrected chi connectivity index (χ1v) is 9.45. The van der Waals surface area contributed by atoms with Gasteiger partial charge in [-0.05, 0) is 62.1 Å². The lowest BCUT2D eigenvalue weighted by atomic mass is 10.1. The van der Waals surface area contributed by atoms with E-state index in [1.165, 1.54) is 0 Å². The predicted molar refractivity (Wildman–Crippen MR) is 92.9 cm³/mol. The maximum absolute atomic E-state index is 13.2. The minimum atomic E-state index is -3.56. The van der Waals surface area contributed by atoms with E-state index < -0.39 is 10.0 Å². The highest BCUT2D eigenvalue weighted by Crippen LogP contribution is 2.37. The molecule has 0 spiro atoms. The Kier molecular flexibility index (Phi) is 3.81. The molecule has 0 aromatic heterocycles. The molecule has 22 heavy (non-hydrogen) atoms. The monoisotopic (exact) mass is 379 g/mol. The van der Waals surface area contributed by atoms with Crippen molar-refractivity contribution in [2.45, 2.75) is 38.1 Å². The van der Waals surface area contributed by atoms with E-state index in [1.807, 2.05) is 51.1 Å². The number of anilines is 1. The molecular formula is C17H18BrNO2S. The number of sulfonamides is 1. The van der Waals surface area contributed by atoms with Crippen LogP contribution in [0.2, 0.25) is 0 Å². The Morgan fingerprint density at radius 1 is 1.14 bits per heavy atom. The Labute approximate surface area is 140 Å². The molecule has 1 unspecified atom stereocenters. The average Bonchev–Trinajstić information content (AvgIpc) is 2.79. The highest BCUT2D eigenvalue weighted by atomic mass is 79.9. The minimum absolute atomic E-state index is 0.0641. The van der Waals surface area contributed by atoms with E-state index in [1.54, 1.807) is 10.4 Å². The van der Waals surface area contributed by atoms with E-state index in [0.29, 0.717) is 4.90 Å². The maximum Gasteiger partial charge on any atom is 0.264 e. The number of hydrogen-bond donors (Lipinski definition) is 0. The van der Waals surface area contributed by atoms with Crippen molar-refractivity contribution in [2.75, 3.05) is 4.31 Å². The second kappa shape index (κ2) is 5.39. The predicted octanol–water partition coefficient (Wildman–Crippen LogP) is 4.21. The molecule has 0 saturated heterocycles. The second-order valence-corrected chi connectivity index (χ2v) is 8.49. The van der Waals surface area contributed by atoms with Gasteiger partial charge in [-0.3, -0.25) is 4.31 Å². The zero-order valence-electron chi connectivity index (χ0n) is 12.8. The molecule has 0 aliphatic carbocycles. The summed E-state index contributed by atoms with van der Waals surface area (Å²) in [4.78, 5) is 0.386. The fourth-order valence-corrected chi connectivity index (χ4v) is 5.49. The van der Waals surface area contributed by atoms with Gasteiger partial charge >= 0.3 is 0 Å². The Morgan fingerprint density at radius 3 is 2.55 bits per heavy atom. The number of rotatable bonds is 2. The SMILES string of the molecule is Cc1cc(S(=O)(=O)N2c3ccccc3CC2C)c(C)cc1Br. The summed E-state index contributed by atoms with van der Waals surface area (Å²) in [5.74, 6) is 0. The molecule has 1 aliphatic rings. The highest BCUT2D eigenvalue weighted by molar-refractivity contribution is 9.10. The fraction of sp³-hybridized carbons (Fsp3) is 0.294. The van der Waals surface area contributed by atoms with Crippen LogP contribution in [-0.2, 0) is 16.4 Å². The van der Waals surface area contributed by atoms with Gasteiger partial charge in [0, 0.05) is 10.5 Å². The zero-order chi connectivity index (χ0) is 16.1. The standard InChI is InChI=1S/C17H18BrNO2S/c1-11-9-17(12(2)8-15(11)18)22(20,21)19-13(3)10-14-6-4-5-7-16(14)19/h4-9,13H,10H2,1-3H3. The normalized spacial score (nSPS) is 17.6. The van der Waals surface area contributed by atoms with Crippen LogP contribution < -0.4 is 4.31 Å².